The Hall–Kier alpha value is -0.870. The Labute approximate surface area is 124 Å². The molecule has 1 aliphatic carbocycles. The van der Waals surface area contributed by atoms with Gasteiger partial charge in [-0.05, 0) is 44.0 Å². The van der Waals surface area contributed by atoms with Crippen LogP contribution in [0.5, 0.6) is 5.75 Å². The third kappa shape index (κ3) is 4.91. The maximum atomic E-state index is 12.1. The maximum absolute atomic E-state index is 12.1. The lowest BCUT2D eigenvalue weighted by Crippen LogP contribution is -2.16. The number of benzene rings is 1. The number of hydrogen-bond acceptors (Lipinski definition) is 3. The summed E-state index contributed by atoms with van der Waals surface area (Å²) < 4.78 is 18.0. The summed E-state index contributed by atoms with van der Waals surface area (Å²) in [5, 5.41) is 3.03. The second-order valence-electron chi connectivity index (χ2n) is 5.44. The first kappa shape index (κ1) is 15.5. The van der Waals surface area contributed by atoms with Crippen LogP contribution in [-0.4, -0.2) is 30.2 Å². The van der Waals surface area contributed by atoms with Crippen LogP contribution in [0.4, 0.5) is 0 Å². The van der Waals surface area contributed by atoms with Gasteiger partial charge >= 0.3 is 0 Å². The zero-order valence-corrected chi connectivity index (χ0v) is 13.1. The van der Waals surface area contributed by atoms with Crippen molar-refractivity contribution < 1.29 is 8.95 Å². The molecule has 1 N–H and O–H groups in total. The smallest absolute Gasteiger partial charge is 0.120 e. The molecule has 1 aromatic carbocycles. The minimum atomic E-state index is -0.944. The Morgan fingerprint density at radius 1 is 1.30 bits per heavy atom. The number of rotatable bonds is 7. The standard InChI is InChI=1S/C16H25NO2S/c1-17-10-11-20(18)16-9-5-8-15(12-16)19-13-14-6-3-2-4-7-14/h5,8-9,12,14,17H,2-4,6-7,10-11,13H2,1H3. The highest BCUT2D eigenvalue weighted by Crippen LogP contribution is 2.25. The van der Waals surface area contributed by atoms with Crippen LogP contribution in [0.15, 0.2) is 29.2 Å². The van der Waals surface area contributed by atoms with Gasteiger partial charge < -0.3 is 10.1 Å². The molecule has 0 heterocycles. The molecule has 0 spiro atoms. The molecule has 0 aliphatic heterocycles. The van der Waals surface area contributed by atoms with Crippen LogP contribution >= 0.6 is 0 Å². The molecular formula is C16H25NO2S. The Balaban J connectivity index is 1.86. The van der Waals surface area contributed by atoms with Crippen molar-refractivity contribution in [1.82, 2.24) is 5.32 Å². The molecule has 1 unspecified atom stereocenters. The molecule has 1 atom stereocenters. The lowest BCUT2D eigenvalue weighted by molar-refractivity contribution is 0.208. The van der Waals surface area contributed by atoms with E-state index in [0.29, 0.717) is 11.7 Å². The van der Waals surface area contributed by atoms with Crippen molar-refractivity contribution in [3.05, 3.63) is 24.3 Å². The SMILES string of the molecule is CNCCS(=O)c1cccc(OCC2CCCCC2)c1. The number of nitrogens with one attached hydrogen (secondary N) is 1. The summed E-state index contributed by atoms with van der Waals surface area (Å²) in [6, 6.07) is 7.73. The summed E-state index contributed by atoms with van der Waals surface area (Å²) in [7, 11) is 0.932. The average molecular weight is 295 g/mol. The molecular weight excluding hydrogens is 270 g/mol. The van der Waals surface area contributed by atoms with Crippen LogP contribution in [0.3, 0.4) is 0 Å². The predicted molar refractivity (Wildman–Crippen MR) is 83.7 cm³/mol. The third-order valence-corrected chi connectivity index (χ3v) is 5.17. The van der Waals surface area contributed by atoms with Crippen LogP contribution in [-0.2, 0) is 10.8 Å². The van der Waals surface area contributed by atoms with Crippen molar-refractivity contribution in [2.24, 2.45) is 5.92 Å². The molecule has 112 valence electrons. The quantitative estimate of drug-likeness (QED) is 0.840. The summed E-state index contributed by atoms with van der Waals surface area (Å²) in [4.78, 5) is 0.862. The normalized spacial score (nSPS) is 17.9. The van der Waals surface area contributed by atoms with Gasteiger partial charge in [0.1, 0.15) is 5.75 Å². The van der Waals surface area contributed by atoms with E-state index < -0.39 is 10.8 Å². The first-order valence-corrected chi connectivity index (χ1v) is 8.87. The summed E-state index contributed by atoms with van der Waals surface area (Å²) in [5.41, 5.74) is 0. The van der Waals surface area contributed by atoms with Crippen molar-refractivity contribution >= 4 is 10.8 Å². The van der Waals surface area contributed by atoms with E-state index in [4.69, 9.17) is 4.74 Å². The van der Waals surface area contributed by atoms with E-state index in [2.05, 4.69) is 5.32 Å². The van der Waals surface area contributed by atoms with Crippen molar-refractivity contribution in [2.75, 3.05) is 26.0 Å². The van der Waals surface area contributed by atoms with Crippen LogP contribution in [0.25, 0.3) is 0 Å². The van der Waals surface area contributed by atoms with Crippen LogP contribution in [0.2, 0.25) is 0 Å². The molecule has 3 nitrogen and oxygen atoms in total. The molecule has 1 fully saturated rings. The molecule has 4 heteroatoms. The second-order valence-corrected chi connectivity index (χ2v) is 7.01. The van der Waals surface area contributed by atoms with Gasteiger partial charge in [0, 0.05) is 17.2 Å². The van der Waals surface area contributed by atoms with Crippen molar-refractivity contribution in [1.29, 1.82) is 0 Å². The fraction of sp³-hybridized carbons (Fsp3) is 0.625. The Kier molecular flexibility index (Phi) is 6.54. The second kappa shape index (κ2) is 8.42. The predicted octanol–water partition coefficient (Wildman–Crippen LogP) is 2.97. The fourth-order valence-electron chi connectivity index (χ4n) is 2.59. The van der Waals surface area contributed by atoms with E-state index in [1.807, 2.05) is 31.3 Å². The van der Waals surface area contributed by atoms with E-state index in [0.717, 1.165) is 23.8 Å². The summed E-state index contributed by atoms with van der Waals surface area (Å²) in [6.07, 6.45) is 6.61. The molecule has 1 saturated carbocycles. The topological polar surface area (TPSA) is 38.3 Å². The Morgan fingerprint density at radius 2 is 2.10 bits per heavy atom. The first-order chi connectivity index (χ1) is 9.79. The molecule has 0 bridgehead atoms. The molecule has 20 heavy (non-hydrogen) atoms. The summed E-state index contributed by atoms with van der Waals surface area (Å²) in [6.45, 7) is 1.56. The zero-order valence-electron chi connectivity index (χ0n) is 12.3. The lowest BCUT2D eigenvalue weighted by atomic mass is 9.90. The fourth-order valence-corrected chi connectivity index (χ4v) is 3.69. The lowest BCUT2D eigenvalue weighted by Gasteiger charge is -2.21. The van der Waals surface area contributed by atoms with E-state index >= 15 is 0 Å². The van der Waals surface area contributed by atoms with Crippen LogP contribution < -0.4 is 10.1 Å². The number of ether oxygens (including phenoxy) is 1. The average Bonchev–Trinajstić information content (AvgIpc) is 2.52. The molecule has 0 radical (unpaired) electrons. The minimum absolute atomic E-state index is 0.641. The van der Waals surface area contributed by atoms with E-state index in [1.54, 1.807) is 0 Å². The van der Waals surface area contributed by atoms with E-state index in [9.17, 15) is 4.21 Å². The van der Waals surface area contributed by atoms with Gasteiger partial charge in [-0.25, -0.2) is 0 Å². The van der Waals surface area contributed by atoms with Gasteiger partial charge in [-0.2, -0.15) is 0 Å². The van der Waals surface area contributed by atoms with Crippen molar-refractivity contribution in [3.63, 3.8) is 0 Å². The van der Waals surface area contributed by atoms with Gasteiger partial charge in [0.25, 0.3) is 0 Å². The summed E-state index contributed by atoms with van der Waals surface area (Å²) in [5.74, 6) is 2.19. The first-order valence-electron chi connectivity index (χ1n) is 7.55. The minimum Gasteiger partial charge on any atom is -0.493 e. The highest BCUT2D eigenvalue weighted by atomic mass is 32.2. The van der Waals surface area contributed by atoms with Gasteiger partial charge in [-0.1, -0.05) is 25.3 Å². The largest absolute Gasteiger partial charge is 0.493 e. The van der Waals surface area contributed by atoms with Crippen molar-refractivity contribution in [3.8, 4) is 5.75 Å². The van der Waals surface area contributed by atoms with Crippen LogP contribution in [0, 0.1) is 5.92 Å². The van der Waals surface area contributed by atoms with Gasteiger partial charge in [-0.15, -0.1) is 0 Å². The number of hydrogen-bond donors (Lipinski definition) is 1. The molecule has 1 aromatic rings. The highest BCUT2D eigenvalue weighted by Gasteiger charge is 2.14. The monoisotopic (exact) mass is 295 g/mol. The Morgan fingerprint density at radius 3 is 2.85 bits per heavy atom. The molecule has 1 aliphatic rings. The van der Waals surface area contributed by atoms with Gasteiger partial charge in [0.2, 0.25) is 0 Å². The van der Waals surface area contributed by atoms with Crippen LogP contribution in [0.1, 0.15) is 32.1 Å². The van der Waals surface area contributed by atoms with E-state index in [1.165, 1.54) is 32.1 Å². The van der Waals surface area contributed by atoms with Crippen molar-refractivity contribution in [2.45, 2.75) is 37.0 Å². The zero-order chi connectivity index (χ0) is 14.2. The van der Waals surface area contributed by atoms with Gasteiger partial charge in [-0.3, -0.25) is 4.21 Å². The summed E-state index contributed by atoms with van der Waals surface area (Å²) >= 11 is 0. The van der Waals surface area contributed by atoms with Gasteiger partial charge in [0.05, 0.1) is 17.4 Å². The van der Waals surface area contributed by atoms with E-state index in [-0.39, 0.29) is 0 Å². The maximum Gasteiger partial charge on any atom is 0.120 e. The molecule has 0 aromatic heterocycles. The molecule has 2 rings (SSSR count). The van der Waals surface area contributed by atoms with Gasteiger partial charge in [0.15, 0.2) is 0 Å². The highest BCUT2D eigenvalue weighted by molar-refractivity contribution is 7.85. The molecule has 0 saturated heterocycles. The third-order valence-electron chi connectivity index (χ3n) is 3.82. The Bertz CT molecular complexity index is 430. The molecule has 0 amide bonds.